The van der Waals surface area contributed by atoms with Crippen LogP contribution < -0.4 is 5.32 Å². The van der Waals surface area contributed by atoms with Gasteiger partial charge in [0.2, 0.25) is 5.91 Å². The molecule has 2 aliphatic heterocycles. The van der Waals surface area contributed by atoms with Crippen molar-refractivity contribution in [1.82, 2.24) is 10.2 Å². The predicted octanol–water partition coefficient (Wildman–Crippen LogP) is 2.77. The van der Waals surface area contributed by atoms with Crippen LogP contribution >= 0.6 is 0 Å². The standard InChI is InChI=1S/C23H31F3N2O4/c1-14(29)22(7-4-18(11-22)27-17-5-8-32-9-6-17)21(31)28-12-15-10-16(23(24,25)26)2-3-19(15)20(30)13-28/h2-3,10,14,17-18,20,27,29-30H,4-9,11-13H2,1H3/t14-,18-,20?,22+/m1/s1. The van der Waals surface area contributed by atoms with Crippen LogP contribution in [0.25, 0.3) is 0 Å². The number of rotatable bonds is 4. The van der Waals surface area contributed by atoms with E-state index < -0.39 is 29.4 Å². The monoisotopic (exact) mass is 456 g/mol. The van der Waals surface area contributed by atoms with E-state index in [9.17, 15) is 28.2 Å². The van der Waals surface area contributed by atoms with Gasteiger partial charge in [0.1, 0.15) is 0 Å². The highest BCUT2D eigenvalue weighted by Gasteiger charge is 2.51. The molecule has 4 atom stereocenters. The van der Waals surface area contributed by atoms with Crippen molar-refractivity contribution in [2.75, 3.05) is 19.8 Å². The molecule has 0 spiro atoms. The molecule has 0 bridgehead atoms. The lowest BCUT2D eigenvalue weighted by molar-refractivity contribution is -0.151. The van der Waals surface area contributed by atoms with Crippen molar-refractivity contribution < 1.29 is 32.9 Å². The van der Waals surface area contributed by atoms with Crippen molar-refractivity contribution in [1.29, 1.82) is 0 Å². The molecule has 1 aliphatic carbocycles. The Balaban J connectivity index is 1.52. The Bertz CT molecular complexity index is 841. The van der Waals surface area contributed by atoms with Crippen molar-refractivity contribution in [2.24, 2.45) is 5.41 Å². The maximum absolute atomic E-state index is 13.6. The normalized spacial score (nSPS) is 30.2. The molecule has 0 radical (unpaired) electrons. The lowest BCUT2D eigenvalue weighted by Gasteiger charge is -2.40. The highest BCUT2D eigenvalue weighted by Crippen LogP contribution is 2.45. The number of carbonyl (C=O) groups is 1. The van der Waals surface area contributed by atoms with Gasteiger partial charge in [-0.3, -0.25) is 4.79 Å². The van der Waals surface area contributed by atoms with Gasteiger partial charge in [0, 0.05) is 31.8 Å². The maximum atomic E-state index is 13.6. The zero-order chi connectivity index (χ0) is 23.1. The first-order chi connectivity index (χ1) is 15.1. The Kier molecular flexibility index (Phi) is 6.55. The second-order valence-electron chi connectivity index (χ2n) is 9.44. The third kappa shape index (κ3) is 4.53. The maximum Gasteiger partial charge on any atom is 0.416 e. The number of halogens is 3. The van der Waals surface area contributed by atoms with Crippen molar-refractivity contribution in [2.45, 2.75) is 76.0 Å². The molecule has 4 rings (SSSR count). The first-order valence-corrected chi connectivity index (χ1v) is 11.3. The summed E-state index contributed by atoms with van der Waals surface area (Å²) in [5.41, 5.74) is -1.10. The van der Waals surface area contributed by atoms with Gasteiger partial charge in [-0.15, -0.1) is 0 Å². The van der Waals surface area contributed by atoms with Crippen LogP contribution in [0.5, 0.6) is 0 Å². The Morgan fingerprint density at radius 3 is 2.62 bits per heavy atom. The van der Waals surface area contributed by atoms with E-state index in [1.807, 2.05) is 0 Å². The summed E-state index contributed by atoms with van der Waals surface area (Å²) in [6.45, 7) is 3.00. The number of aliphatic hydroxyl groups excluding tert-OH is 2. The van der Waals surface area contributed by atoms with E-state index >= 15 is 0 Å². The summed E-state index contributed by atoms with van der Waals surface area (Å²) in [7, 11) is 0. The van der Waals surface area contributed by atoms with Gasteiger partial charge in [-0.2, -0.15) is 13.2 Å². The molecule has 1 unspecified atom stereocenters. The fraction of sp³-hybridized carbons (Fsp3) is 0.696. The summed E-state index contributed by atoms with van der Waals surface area (Å²) >= 11 is 0. The number of carbonyl (C=O) groups excluding carboxylic acids is 1. The summed E-state index contributed by atoms with van der Waals surface area (Å²) in [6, 6.07) is 3.66. The van der Waals surface area contributed by atoms with E-state index in [0.29, 0.717) is 43.2 Å². The summed E-state index contributed by atoms with van der Waals surface area (Å²) in [4.78, 5) is 15.0. The number of hydrogen-bond donors (Lipinski definition) is 3. The third-order valence-corrected chi connectivity index (χ3v) is 7.34. The van der Waals surface area contributed by atoms with Crippen LogP contribution in [-0.2, 0) is 22.3 Å². The van der Waals surface area contributed by atoms with Gasteiger partial charge in [0.25, 0.3) is 0 Å². The van der Waals surface area contributed by atoms with E-state index in [4.69, 9.17) is 4.74 Å². The number of nitrogens with zero attached hydrogens (tertiary/aromatic N) is 1. The minimum Gasteiger partial charge on any atom is -0.392 e. The third-order valence-electron chi connectivity index (χ3n) is 7.34. The fourth-order valence-corrected chi connectivity index (χ4v) is 5.46. The molecule has 1 amide bonds. The summed E-state index contributed by atoms with van der Waals surface area (Å²) < 4.78 is 44.9. The van der Waals surface area contributed by atoms with E-state index in [0.717, 1.165) is 31.4 Å². The van der Waals surface area contributed by atoms with E-state index in [1.54, 1.807) is 6.92 Å². The molecule has 1 aromatic rings. The molecule has 3 N–H and O–H groups in total. The molecule has 6 nitrogen and oxygen atoms in total. The van der Waals surface area contributed by atoms with E-state index in [2.05, 4.69) is 5.32 Å². The van der Waals surface area contributed by atoms with Gasteiger partial charge in [0.05, 0.1) is 29.7 Å². The molecule has 1 aromatic carbocycles. The Labute approximate surface area is 185 Å². The topological polar surface area (TPSA) is 82.0 Å². The smallest absolute Gasteiger partial charge is 0.392 e. The Morgan fingerprint density at radius 1 is 1.25 bits per heavy atom. The number of benzene rings is 1. The largest absolute Gasteiger partial charge is 0.416 e. The van der Waals surface area contributed by atoms with Crippen LogP contribution in [0.2, 0.25) is 0 Å². The van der Waals surface area contributed by atoms with Crippen molar-refractivity contribution in [3.8, 4) is 0 Å². The van der Waals surface area contributed by atoms with Crippen LogP contribution in [0.4, 0.5) is 13.2 Å². The minimum absolute atomic E-state index is 0.00370. The fourth-order valence-electron chi connectivity index (χ4n) is 5.46. The number of β-amino-alcohol motifs (C(OH)–C–C–N with tert-alkyl or cyclic N) is 1. The predicted molar refractivity (Wildman–Crippen MR) is 111 cm³/mol. The van der Waals surface area contributed by atoms with Crippen molar-refractivity contribution >= 4 is 5.91 Å². The second kappa shape index (κ2) is 8.93. The average molecular weight is 457 g/mol. The number of fused-ring (bicyclic) bond motifs is 1. The number of amides is 1. The summed E-state index contributed by atoms with van der Waals surface area (Å²) in [5, 5.41) is 24.8. The zero-order valence-corrected chi connectivity index (χ0v) is 18.2. The molecule has 32 heavy (non-hydrogen) atoms. The first kappa shape index (κ1) is 23.5. The molecule has 2 heterocycles. The quantitative estimate of drug-likeness (QED) is 0.649. The summed E-state index contributed by atoms with van der Waals surface area (Å²) in [5.74, 6) is -0.300. The SMILES string of the molecule is C[C@@H](O)[C@]1(C(=O)N2Cc3cc(C(F)(F)F)ccc3C(O)C2)CC[C@@H](NC2CCOCC2)C1. The minimum atomic E-state index is -4.50. The Hall–Kier alpha value is -1.68. The number of ether oxygens (including phenoxy) is 1. The number of nitrogens with one attached hydrogen (secondary N) is 1. The van der Waals surface area contributed by atoms with Gasteiger partial charge in [-0.1, -0.05) is 6.07 Å². The summed E-state index contributed by atoms with van der Waals surface area (Å²) in [6.07, 6.45) is -2.97. The van der Waals surface area contributed by atoms with E-state index in [1.165, 1.54) is 11.0 Å². The Morgan fingerprint density at radius 2 is 1.97 bits per heavy atom. The highest BCUT2D eigenvalue weighted by molar-refractivity contribution is 5.84. The first-order valence-electron chi connectivity index (χ1n) is 11.3. The molecule has 9 heteroatoms. The van der Waals surface area contributed by atoms with Crippen LogP contribution in [0.1, 0.15) is 61.8 Å². The van der Waals surface area contributed by atoms with Gasteiger partial charge in [-0.25, -0.2) is 0 Å². The lowest BCUT2D eigenvalue weighted by atomic mass is 9.78. The number of hydrogen-bond acceptors (Lipinski definition) is 5. The molecular weight excluding hydrogens is 425 g/mol. The van der Waals surface area contributed by atoms with Crippen LogP contribution in [0.3, 0.4) is 0 Å². The average Bonchev–Trinajstić information content (AvgIpc) is 3.18. The van der Waals surface area contributed by atoms with Crippen molar-refractivity contribution in [3.05, 3.63) is 34.9 Å². The lowest BCUT2D eigenvalue weighted by Crippen LogP contribution is -2.51. The van der Waals surface area contributed by atoms with Crippen LogP contribution in [0.15, 0.2) is 18.2 Å². The molecule has 3 aliphatic rings. The zero-order valence-electron chi connectivity index (χ0n) is 18.2. The van der Waals surface area contributed by atoms with Crippen LogP contribution in [0, 0.1) is 5.41 Å². The molecule has 2 fully saturated rings. The van der Waals surface area contributed by atoms with Crippen molar-refractivity contribution in [3.63, 3.8) is 0 Å². The molecule has 1 saturated carbocycles. The number of alkyl halides is 3. The van der Waals surface area contributed by atoms with Crippen LogP contribution in [-0.4, -0.2) is 59.0 Å². The second-order valence-corrected chi connectivity index (χ2v) is 9.44. The van der Waals surface area contributed by atoms with Gasteiger partial charge in [0.15, 0.2) is 0 Å². The number of aliphatic hydroxyl groups is 2. The molecular formula is C23H31F3N2O4. The van der Waals surface area contributed by atoms with Gasteiger partial charge < -0.3 is 25.2 Å². The highest BCUT2D eigenvalue weighted by atomic mass is 19.4. The van der Waals surface area contributed by atoms with Gasteiger partial charge in [-0.05, 0) is 62.3 Å². The molecule has 0 aromatic heterocycles. The van der Waals surface area contributed by atoms with E-state index in [-0.39, 0.29) is 25.0 Å². The molecule has 178 valence electrons. The molecule has 1 saturated heterocycles. The van der Waals surface area contributed by atoms with Gasteiger partial charge >= 0.3 is 6.18 Å².